The van der Waals surface area contributed by atoms with Gasteiger partial charge in [0.05, 0.1) is 0 Å². The zero-order chi connectivity index (χ0) is 14.2. The van der Waals surface area contributed by atoms with E-state index in [0.29, 0.717) is 18.1 Å². The van der Waals surface area contributed by atoms with Crippen LogP contribution in [-0.4, -0.2) is 12.1 Å². The van der Waals surface area contributed by atoms with Gasteiger partial charge in [0.15, 0.2) is 0 Å². The lowest BCUT2D eigenvalue weighted by molar-refractivity contribution is 0.306. The van der Waals surface area contributed by atoms with E-state index in [9.17, 15) is 0 Å². The van der Waals surface area contributed by atoms with Crippen LogP contribution in [0.25, 0.3) is 0 Å². The Morgan fingerprint density at radius 1 is 1.10 bits per heavy atom. The number of rotatable bonds is 7. The standard InChI is InChI=1S/C18H30N2/c1-2-3-5-10-18(15-8-6-4-7-9-15)20-17-13-11-16(19)12-14-17/h4,6-9,16-18,20H,2-3,5,10-14,19H2,1H3. The average molecular weight is 274 g/mol. The van der Waals surface area contributed by atoms with Gasteiger partial charge in [0.25, 0.3) is 0 Å². The number of hydrogen-bond donors (Lipinski definition) is 2. The van der Waals surface area contributed by atoms with E-state index in [1.807, 2.05) is 0 Å². The number of hydrogen-bond acceptors (Lipinski definition) is 2. The van der Waals surface area contributed by atoms with Crippen LogP contribution in [0.2, 0.25) is 0 Å². The molecular formula is C18H30N2. The summed E-state index contributed by atoms with van der Waals surface area (Å²) in [5.74, 6) is 0. The first-order valence-electron chi connectivity index (χ1n) is 8.36. The molecule has 1 aliphatic rings. The maximum absolute atomic E-state index is 6.01. The third kappa shape index (κ3) is 4.92. The molecule has 1 aliphatic carbocycles. The fourth-order valence-corrected chi connectivity index (χ4v) is 3.20. The molecule has 1 aromatic carbocycles. The first-order valence-corrected chi connectivity index (χ1v) is 8.36. The van der Waals surface area contributed by atoms with Crippen molar-refractivity contribution in [2.45, 2.75) is 76.4 Å². The molecule has 2 nitrogen and oxygen atoms in total. The average Bonchev–Trinajstić information content (AvgIpc) is 2.49. The Morgan fingerprint density at radius 3 is 2.45 bits per heavy atom. The van der Waals surface area contributed by atoms with Crippen molar-refractivity contribution < 1.29 is 0 Å². The van der Waals surface area contributed by atoms with Crippen molar-refractivity contribution in [2.75, 3.05) is 0 Å². The molecule has 0 radical (unpaired) electrons. The molecule has 1 saturated carbocycles. The highest BCUT2D eigenvalue weighted by atomic mass is 15.0. The van der Waals surface area contributed by atoms with E-state index in [-0.39, 0.29) is 0 Å². The third-order valence-electron chi connectivity index (χ3n) is 4.51. The molecule has 1 fully saturated rings. The Kier molecular flexibility index (Phi) is 6.55. The summed E-state index contributed by atoms with van der Waals surface area (Å²) >= 11 is 0. The summed E-state index contributed by atoms with van der Waals surface area (Å²) in [5, 5.41) is 3.90. The maximum atomic E-state index is 6.01. The molecular weight excluding hydrogens is 244 g/mol. The largest absolute Gasteiger partial charge is 0.328 e. The van der Waals surface area contributed by atoms with Crippen LogP contribution in [0.5, 0.6) is 0 Å². The van der Waals surface area contributed by atoms with Gasteiger partial charge in [-0.1, -0.05) is 56.5 Å². The summed E-state index contributed by atoms with van der Waals surface area (Å²) in [7, 11) is 0. The lowest BCUT2D eigenvalue weighted by atomic mass is 9.90. The van der Waals surface area contributed by atoms with E-state index in [0.717, 1.165) is 0 Å². The monoisotopic (exact) mass is 274 g/mol. The van der Waals surface area contributed by atoms with Gasteiger partial charge in [-0.2, -0.15) is 0 Å². The Morgan fingerprint density at radius 2 is 1.80 bits per heavy atom. The number of unbranched alkanes of at least 4 members (excludes halogenated alkanes) is 2. The molecule has 3 N–H and O–H groups in total. The Bertz CT molecular complexity index is 355. The summed E-state index contributed by atoms with van der Waals surface area (Å²) in [4.78, 5) is 0. The minimum absolute atomic E-state index is 0.434. The van der Waals surface area contributed by atoms with E-state index < -0.39 is 0 Å². The van der Waals surface area contributed by atoms with Crippen molar-refractivity contribution in [3.8, 4) is 0 Å². The molecule has 0 heterocycles. The summed E-state index contributed by atoms with van der Waals surface area (Å²) in [5.41, 5.74) is 7.45. The van der Waals surface area contributed by atoms with E-state index in [2.05, 4.69) is 42.6 Å². The molecule has 2 rings (SSSR count). The number of benzene rings is 1. The summed E-state index contributed by atoms with van der Waals surface area (Å²) in [6.07, 6.45) is 10.0. The molecule has 0 aliphatic heterocycles. The molecule has 112 valence electrons. The Labute approximate surface area is 124 Å². The lowest BCUT2D eigenvalue weighted by Gasteiger charge is -2.31. The van der Waals surface area contributed by atoms with Gasteiger partial charge in [0.2, 0.25) is 0 Å². The van der Waals surface area contributed by atoms with E-state index >= 15 is 0 Å². The van der Waals surface area contributed by atoms with Crippen LogP contribution in [0.1, 0.15) is 69.9 Å². The Balaban J connectivity index is 1.92. The second-order valence-corrected chi connectivity index (χ2v) is 6.24. The van der Waals surface area contributed by atoms with Crippen molar-refractivity contribution in [3.63, 3.8) is 0 Å². The van der Waals surface area contributed by atoms with Crippen molar-refractivity contribution in [1.29, 1.82) is 0 Å². The highest BCUT2D eigenvalue weighted by molar-refractivity contribution is 5.19. The highest BCUT2D eigenvalue weighted by Crippen LogP contribution is 2.24. The van der Waals surface area contributed by atoms with Crippen LogP contribution in [0.4, 0.5) is 0 Å². The van der Waals surface area contributed by atoms with Crippen molar-refractivity contribution in [2.24, 2.45) is 5.73 Å². The predicted octanol–water partition coefficient (Wildman–Crippen LogP) is 4.17. The van der Waals surface area contributed by atoms with Gasteiger partial charge in [-0.15, -0.1) is 0 Å². The minimum atomic E-state index is 0.434. The molecule has 0 bridgehead atoms. The fourth-order valence-electron chi connectivity index (χ4n) is 3.20. The van der Waals surface area contributed by atoms with Gasteiger partial charge >= 0.3 is 0 Å². The predicted molar refractivity (Wildman–Crippen MR) is 86.7 cm³/mol. The number of nitrogens with two attached hydrogens (primary N) is 1. The molecule has 0 amide bonds. The summed E-state index contributed by atoms with van der Waals surface area (Å²) in [6, 6.07) is 12.5. The third-order valence-corrected chi connectivity index (χ3v) is 4.51. The summed E-state index contributed by atoms with van der Waals surface area (Å²) < 4.78 is 0. The molecule has 0 aromatic heterocycles. The Hall–Kier alpha value is -0.860. The minimum Gasteiger partial charge on any atom is -0.328 e. The zero-order valence-electron chi connectivity index (χ0n) is 12.9. The highest BCUT2D eigenvalue weighted by Gasteiger charge is 2.21. The first-order chi connectivity index (χ1) is 9.79. The van der Waals surface area contributed by atoms with Gasteiger partial charge in [-0.05, 0) is 37.7 Å². The molecule has 2 heteroatoms. The van der Waals surface area contributed by atoms with Gasteiger partial charge in [0.1, 0.15) is 0 Å². The van der Waals surface area contributed by atoms with Crippen LogP contribution in [0, 0.1) is 0 Å². The van der Waals surface area contributed by atoms with Gasteiger partial charge in [0, 0.05) is 18.1 Å². The topological polar surface area (TPSA) is 38.0 Å². The second kappa shape index (κ2) is 8.43. The van der Waals surface area contributed by atoms with Gasteiger partial charge < -0.3 is 11.1 Å². The molecule has 0 spiro atoms. The fraction of sp³-hybridized carbons (Fsp3) is 0.667. The van der Waals surface area contributed by atoms with Gasteiger partial charge in [-0.3, -0.25) is 0 Å². The molecule has 1 atom stereocenters. The van der Waals surface area contributed by atoms with Crippen LogP contribution >= 0.6 is 0 Å². The quantitative estimate of drug-likeness (QED) is 0.732. The molecule has 20 heavy (non-hydrogen) atoms. The van der Waals surface area contributed by atoms with Crippen LogP contribution < -0.4 is 11.1 Å². The van der Waals surface area contributed by atoms with E-state index in [4.69, 9.17) is 5.73 Å². The SMILES string of the molecule is CCCCCC(NC1CCC(N)CC1)c1ccccc1. The maximum Gasteiger partial charge on any atom is 0.0322 e. The van der Waals surface area contributed by atoms with E-state index in [1.165, 1.54) is 56.9 Å². The van der Waals surface area contributed by atoms with Crippen LogP contribution in [-0.2, 0) is 0 Å². The van der Waals surface area contributed by atoms with Crippen molar-refractivity contribution in [1.82, 2.24) is 5.32 Å². The van der Waals surface area contributed by atoms with Crippen LogP contribution in [0.15, 0.2) is 30.3 Å². The van der Waals surface area contributed by atoms with Crippen LogP contribution in [0.3, 0.4) is 0 Å². The molecule has 1 unspecified atom stereocenters. The molecule has 0 saturated heterocycles. The smallest absolute Gasteiger partial charge is 0.0322 e. The van der Waals surface area contributed by atoms with E-state index in [1.54, 1.807) is 0 Å². The van der Waals surface area contributed by atoms with Gasteiger partial charge in [-0.25, -0.2) is 0 Å². The van der Waals surface area contributed by atoms with Crippen molar-refractivity contribution >= 4 is 0 Å². The second-order valence-electron chi connectivity index (χ2n) is 6.24. The zero-order valence-corrected chi connectivity index (χ0v) is 12.9. The lowest BCUT2D eigenvalue weighted by Crippen LogP contribution is -2.39. The number of nitrogens with one attached hydrogen (secondary N) is 1. The molecule has 1 aromatic rings. The first kappa shape index (κ1) is 15.5. The summed E-state index contributed by atoms with van der Waals surface area (Å²) in [6.45, 7) is 2.27. The van der Waals surface area contributed by atoms with Crippen molar-refractivity contribution in [3.05, 3.63) is 35.9 Å². The normalized spacial score (nSPS) is 24.5.